The Hall–Kier alpha value is -0.800. The zero-order chi connectivity index (χ0) is 13.4. The van der Waals surface area contributed by atoms with Crippen LogP contribution >= 0.6 is 0 Å². The highest BCUT2D eigenvalue weighted by molar-refractivity contribution is 5.12. The highest BCUT2D eigenvalue weighted by Crippen LogP contribution is 2.10. The van der Waals surface area contributed by atoms with E-state index < -0.39 is 0 Å². The van der Waals surface area contributed by atoms with E-state index in [1.807, 2.05) is 6.26 Å². The molecule has 0 unspecified atom stereocenters. The molecule has 1 heterocycles. The van der Waals surface area contributed by atoms with Crippen LogP contribution in [-0.2, 0) is 13.1 Å². The van der Waals surface area contributed by atoms with Gasteiger partial charge in [0.05, 0.1) is 12.8 Å². The molecule has 3 nitrogen and oxygen atoms in total. The molecule has 0 aromatic carbocycles. The number of hydrogen-bond acceptors (Lipinski definition) is 3. The second kappa shape index (κ2) is 8.33. The van der Waals surface area contributed by atoms with Crippen LogP contribution in [0, 0.1) is 0 Å². The van der Waals surface area contributed by atoms with Crippen molar-refractivity contribution in [1.29, 1.82) is 0 Å². The van der Waals surface area contributed by atoms with Crippen molar-refractivity contribution in [3.63, 3.8) is 0 Å². The lowest BCUT2D eigenvalue weighted by Crippen LogP contribution is -2.21. The van der Waals surface area contributed by atoms with E-state index in [-0.39, 0.29) is 0 Å². The SMILES string of the molecule is CCCCCN(C)Cc1cc(CNC(C)C)co1. The Labute approximate surface area is 112 Å². The Morgan fingerprint density at radius 1 is 1.33 bits per heavy atom. The molecule has 1 aromatic rings. The molecule has 104 valence electrons. The van der Waals surface area contributed by atoms with Gasteiger partial charge in [0, 0.05) is 18.2 Å². The van der Waals surface area contributed by atoms with Gasteiger partial charge in [-0.15, -0.1) is 0 Å². The van der Waals surface area contributed by atoms with E-state index in [2.05, 4.69) is 44.1 Å². The fourth-order valence-electron chi connectivity index (χ4n) is 1.90. The normalized spacial score (nSPS) is 11.7. The summed E-state index contributed by atoms with van der Waals surface area (Å²) in [7, 11) is 2.16. The molecular weight excluding hydrogens is 224 g/mol. The molecule has 3 heteroatoms. The van der Waals surface area contributed by atoms with Crippen LogP contribution in [0.2, 0.25) is 0 Å². The molecule has 0 radical (unpaired) electrons. The molecule has 18 heavy (non-hydrogen) atoms. The van der Waals surface area contributed by atoms with Crippen LogP contribution in [0.25, 0.3) is 0 Å². The number of hydrogen-bond donors (Lipinski definition) is 1. The minimum absolute atomic E-state index is 0.514. The topological polar surface area (TPSA) is 28.4 Å². The van der Waals surface area contributed by atoms with E-state index in [9.17, 15) is 0 Å². The van der Waals surface area contributed by atoms with Crippen molar-refractivity contribution in [2.45, 2.75) is 59.2 Å². The van der Waals surface area contributed by atoms with Crippen molar-refractivity contribution in [2.75, 3.05) is 13.6 Å². The van der Waals surface area contributed by atoms with E-state index in [0.717, 1.165) is 25.4 Å². The van der Waals surface area contributed by atoms with Gasteiger partial charge in [0.1, 0.15) is 5.76 Å². The van der Waals surface area contributed by atoms with Crippen molar-refractivity contribution < 1.29 is 4.42 Å². The maximum absolute atomic E-state index is 5.59. The van der Waals surface area contributed by atoms with Crippen LogP contribution < -0.4 is 5.32 Å². The van der Waals surface area contributed by atoms with E-state index >= 15 is 0 Å². The van der Waals surface area contributed by atoms with Gasteiger partial charge in [-0.3, -0.25) is 4.90 Å². The summed E-state index contributed by atoms with van der Waals surface area (Å²) in [5.74, 6) is 1.06. The Kier molecular flexibility index (Phi) is 7.06. The van der Waals surface area contributed by atoms with Crippen LogP contribution in [0.4, 0.5) is 0 Å². The molecule has 0 fully saturated rings. The van der Waals surface area contributed by atoms with Crippen LogP contribution in [0.3, 0.4) is 0 Å². The number of nitrogens with one attached hydrogen (secondary N) is 1. The minimum Gasteiger partial charge on any atom is -0.468 e. The summed E-state index contributed by atoms with van der Waals surface area (Å²) in [6.45, 7) is 9.49. The lowest BCUT2D eigenvalue weighted by atomic mass is 10.2. The smallest absolute Gasteiger partial charge is 0.118 e. The summed E-state index contributed by atoms with van der Waals surface area (Å²) in [5.41, 5.74) is 1.24. The molecule has 0 spiro atoms. The van der Waals surface area contributed by atoms with Crippen LogP contribution in [0.15, 0.2) is 16.7 Å². The van der Waals surface area contributed by atoms with Crippen molar-refractivity contribution in [1.82, 2.24) is 10.2 Å². The third kappa shape index (κ3) is 6.22. The number of rotatable bonds is 9. The van der Waals surface area contributed by atoms with Crippen molar-refractivity contribution in [3.8, 4) is 0 Å². The third-order valence-electron chi connectivity index (χ3n) is 2.99. The predicted molar refractivity (Wildman–Crippen MR) is 76.5 cm³/mol. The molecule has 0 saturated carbocycles. The Bertz CT molecular complexity index is 320. The van der Waals surface area contributed by atoms with E-state index in [1.165, 1.54) is 24.8 Å². The second-order valence-corrected chi connectivity index (χ2v) is 5.40. The largest absolute Gasteiger partial charge is 0.468 e. The summed E-state index contributed by atoms with van der Waals surface area (Å²) in [5, 5.41) is 3.40. The van der Waals surface area contributed by atoms with E-state index in [1.54, 1.807) is 0 Å². The highest BCUT2D eigenvalue weighted by atomic mass is 16.3. The number of furan rings is 1. The van der Waals surface area contributed by atoms with Gasteiger partial charge >= 0.3 is 0 Å². The molecule has 0 aliphatic carbocycles. The molecule has 1 rings (SSSR count). The summed E-state index contributed by atoms with van der Waals surface area (Å²) in [6.07, 6.45) is 5.73. The average Bonchev–Trinajstić information content (AvgIpc) is 2.74. The zero-order valence-corrected chi connectivity index (χ0v) is 12.3. The maximum atomic E-state index is 5.59. The van der Waals surface area contributed by atoms with Gasteiger partial charge in [0.25, 0.3) is 0 Å². The van der Waals surface area contributed by atoms with Gasteiger partial charge in [-0.1, -0.05) is 33.6 Å². The first-order valence-corrected chi connectivity index (χ1v) is 7.10. The molecule has 0 aliphatic heterocycles. The fourth-order valence-corrected chi connectivity index (χ4v) is 1.90. The first-order valence-electron chi connectivity index (χ1n) is 7.10. The van der Waals surface area contributed by atoms with Crippen LogP contribution in [0.1, 0.15) is 51.4 Å². The molecule has 0 bridgehead atoms. The predicted octanol–water partition coefficient (Wildman–Crippen LogP) is 3.40. The Morgan fingerprint density at radius 3 is 2.78 bits per heavy atom. The van der Waals surface area contributed by atoms with Gasteiger partial charge in [-0.25, -0.2) is 0 Å². The lowest BCUT2D eigenvalue weighted by molar-refractivity contribution is 0.289. The van der Waals surface area contributed by atoms with E-state index in [0.29, 0.717) is 6.04 Å². The van der Waals surface area contributed by atoms with Gasteiger partial charge in [-0.2, -0.15) is 0 Å². The Morgan fingerprint density at radius 2 is 2.11 bits per heavy atom. The van der Waals surface area contributed by atoms with Gasteiger partial charge in [-0.05, 0) is 26.1 Å². The molecule has 0 atom stereocenters. The second-order valence-electron chi connectivity index (χ2n) is 5.40. The monoisotopic (exact) mass is 252 g/mol. The molecule has 0 amide bonds. The van der Waals surface area contributed by atoms with Crippen LogP contribution in [0.5, 0.6) is 0 Å². The van der Waals surface area contributed by atoms with Gasteiger partial charge < -0.3 is 9.73 Å². The molecule has 0 aliphatic rings. The van der Waals surface area contributed by atoms with E-state index in [4.69, 9.17) is 4.42 Å². The first-order chi connectivity index (χ1) is 8.61. The molecule has 1 N–H and O–H groups in total. The zero-order valence-electron chi connectivity index (χ0n) is 12.3. The first kappa shape index (κ1) is 15.3. The average molecular weight is 252 g/mol. The lowest BCUT2D eigenvalue weighted by Gasteiger charge is -2.14. The highest BCUT2D eigenvalue weighted by Gasteiger charge is 2.05. The van der Waals surface area contributed by atoms with Crippen molar-refractivity contribution >= 4 is 0 Å². The number of unbranched alkanes of at least 4 members (excludes halogenated alkanes) is 2. The maximum Gasteiger partial charge on any atom is 0.118 e. The summed E-state index contributed by atoms with van der Waals surface area (Å²) in [4.78, 5) is 2.33. The standard InChI is InChI=1S/C15H28N2O/c1-5-6-7-8-17(4)11-15-9-14(12-18-15)10-16-13(2)3/h9,12-13,16H,5-8,10-11H2,1-4H3. The molecule has 1 aromatic heterocycles. The van der Waals surface area contributed by atoms with Crippen LogP contribution in [-0.4, -0.2) is 24.5 Å². The van der Waals surface area contributed by atoms with Crippen molar-refractivity contribution in [2.24, 2.45) is 0 Å². The van der Waals surface area contributed by atoms with Gasteiger partial charge in [0.15, 0.2) is 0 Å². The quantitative estimate of drug-likeness (QED) is 0.683. The minimum atomic E-state index is 0.514. The number of nitrogens with zero attached hydrogens (tertiary/aromatic N) is 1. The fraction of sp³-hybridized carbons (Fsp3) is 0.733. The summed E-state index contributed by atoms with van der Waals surface area (Å²) in [6, 6.07) is 2.67. The van der Waals surface area contributed by atoms with Crippen molar-refractivity contribution in [3.05, 3.63) is 23.7 Å². The Balaban J connectivity index is 2.29. The summed E-state index contributed by atoms with van der Waals surface area (Å²) >= 11 is 0. The van der Waals surface area contributed by atoms with Gasteiger partial charge in [0.2, 0.25) is 0 Å². The summed E-state index contributed by atoms with van der Waals surface area (Å²) < 4.78 is 5.59. The third-order valence-corrected chi connectivity index (χ3v) is 2.99. The molecular formula is C15H28N2O. The molecule has 0 saturated heterocycles.